The van der Waals surface area contributed by atoms with Gasteiger partial charge in [0, 0.05) is 12.1 Å². The molecule has 0 atom stereocenters. The average Bonchev–Trinajstić information content (AvgIpc) is 2.96. The first-order chi connectivity index (χ1) is 12.1. The van der Waals surface area contributed by atoms with E-state index < -0.39 is 0 Å². The summed E-state index contributed by atoms with van der Waals surface area (Å²) in [4.78, 5) is 14.4. The van der Waals surface area contributed by atoms with Crippen molar-refractivity contribution in [2.24, 2.45) is 5.92 Å². The van der Waals surface area contributed by atoms with Gasteiger partial charge in [0.05, 0.1) is 11.0 Å². The van der Waals surface area contributed by atoms with Gasteiger partial charge in [-0.25, -0.2) is 15.0 Å². The Morgan fingerprint density at radius 3 is 2.24 bits per heavy atom. The molecule has 2 aromatic heterocycles. The first-order valence-electron chi connectivity index (χ1n) is 8.82. The molecule has 0 bridgehead atoms. The Kier molecular flexibility index (Phi) is 3.96. The van der Waals surface area contributed by atoms with E-state index in [0.717, 1.165) is 46.7 Å². The van der Waals surface area contributed by atoms with E-state index in [0.29, 0.717) is 5.92 Å². The first kappa shape index (κ1) is 15.8. The fraction of sp³-hybridized carbons (Fsp3) is 0.286. The lowest BCUT2D eigenvalue weighted by Gasteiger charge is -2.10. The molecule has 0 unspecified atom stereocenters. The molecule has 0 fully saturated rings. The van der Waals surface area contributed by atoms with Crippen molar-refractivity contribution >= 4 is 22.3 Å². The Morgan fingerprint density at radius 2 is 1.56 bits per heavy atom. The van der Waals surface area contributed by atoms with E-state index in [1.165, 1.54) is 5.56 Å². The van der Waals surface area contributed by atoms with Crippen LogP contribution in [0.15, 0.2) is 48.5 Å². The number of hydrogen-bond donors (Lipinski definition) is 0. The third-order valence-corrected chi connectivity index (χ3v) is 4.50. The van der Waals surface area contributed by atoms with Crippen LogP contribution in [0.25, 0.3) is 33.7 Å². The lowest BCUT2D eigenvalue weighted by Crippen LogP contribution is -2.05. The molecule has 2 aromatic carbocycles. The number of imidazole rings is 1. The number of nitrogens with zero attached hydrogens (tertiary/aromatic N) is 4. The van der Waals surface area contributed by atoms with E-state index in [1.54, 1.807) is 0 Å². The van der Waals surface area contributed by atoms with Crippen LogP contribution in [-0.2, 0) is 6.54 Å². The molecule has 0 radical (unpaired) electrons. The van der Waals surface area contributed by atoms with Gasteiger partial charge in [-0.2, -0.15) is 0 Å². The molecule has 4 rings (SSSR count). The predicted octanol–water partition coefficient (Wildman–Crippen LogP) is 5.00. The van der Waals surface area contributed by atoms with Gasteiger partial charge in [0.1, 0.15) is 5.82 Å². The van der Waals surface area contributed by atoms with Gasteiger partial charge in [0.2, 0.25) is 0 Å². The smallest absolute Gasteiger partial charge is 0.198 e. The summed E-state index contributed by atoms with van der Waals surface area (Å²) in [6, 6.07) is 16.5. The lowest BCUT2D eigenvalue weighted by molar-refractivity contribution is 0.524. The molecule has 126 valence electrons. The molecule has 0 aliphatic carbocycles. The topological polar surface area (TPSA) is 43.6 Å². The molecule has 4 nitrogen and oxygen atoms in total. The first-order valence-corrected chi connectivity index (χ1v) is 8.82. The van der Waals surface area contributed by atoms with Crippen LogP contribution in [0.3, 0.4) is 0 Å². The van der Waals surface area contributed by atoms with Crippen molar-refractivity contribution in [1.82, 2.24) is 19.5 Å². The molecule has 0 saturated carbocycles. The maximum absolute atomic E-state index is 4.86. The van der Waals surface area contributed by atoms with Crippen molar-refractivity contribution in [3.8, 4) is 11.4 Å². The summed E-state index contributed by atoms with van der Waals surface area (Å²) in [5.74, 6) is 1.57. The fourth-order valence-corrected chi connectivity index (χ4v) is 3.02. The van der Waals surface area contributed by atoms with Crippen LogP contribution in [-0.4, -0.2) is 19.5 Å². The van der Waals surface area contributed by atoms with E-state index in [4.69, 9.17) is 15.0 Å². The third kappa shape index (κ3) is 3.00. The zero-order valence-corrected chi connectivity index (χ0v) is 14.9. The highest BCUT2D eigenvalue weighted by molar-refractivity contribution is 5.84. The van der Waals surface area contributed by atoms with Crippen LogP contribution in [0, 0.1) is 12.8 Å². The molecule has 0 saturated heterocycles. The SMILES string of the molecule is Cc1ccc(-c2nc3nc4ccccc4nc3n2CCC(C)C)cc1. The van der Waals surface area contributed by atoms with Crippen LogP contribution >= 0.6 is 0 Å². The summed E-state index contributed by atoms with van der Waals surface area (Å²) in [7, 11) is 0. The minimum absolute atomic E-state index is 0.622. The Morgan fingerprint density at radius 1 is 0.880 bits per heavy atom. The van der Waals surface area contributed by atoms with Crippen molar-refractivity contribution in [3.63, 3.8) is 0 Å². The summed E-state index contributed by atoms with van der Waals surface area (Å²) < 4.78 is 2.22. The van der Waals surface area contributed by atoms with Gasteiger partial charge in [0.15, 0.2) is 11.3 Å². The standard InChI is InChI=1S/C21H22N4/c1-14(2)12-13-25-20(16-10-8-15(3)9-11-16)24-19-21(25)23-18-7-5-4-6-17(18)22-19/h4-11,14H,12-13H2,1-3H3. The van der Waals surface area contributed by atoms with Crippen LogP contribution < -0.4 is 0 Å². The Balaban J connectivity index is 1.94. The number of benzene rings is 2. The largest absolute Gasteiger partial charge is 0.307 e. The van der Waals surface area contributed by atoms with Gasteiger partial charge in [-0.3, -0.25) is 0 Å². The van der Waals surface area contributed by atoms with E-state index in [1.807, 2.05) is 24.3 Å². The van der Waals surface area contributed by atoms with Crippen LogP contribution in [0.5, 0.6) is 0 Å². The highest BCUT2D eigenvalue weighted by Gasteiger charge is 2.16. The van der Waals surface area contributed by atoms with Crippen molar-refractivity contribution in [1.29, 1.82) is 0 Å². The Labute approximate surface area is 147 Å². The van der Waals surface area contributed by atoms with Gasteiger partial charge in [0.25, 0.3) is 0 Å². The van der Waals surface area contributed by atoms with Gasteiger partial charge in [-0.15, -0.1) is 0 Å². The summed E-state index contributed by atoms with van der Waals surface area (Å²) in [6.07, 6.45) is 1.08. The van der Waals surface area contributed by atoms with E-state index in [9.17, 15) is 0 Å². The summed E-state index contributed by atoms with van der Waals surface area (Å²) in [5, 5.41) is 0. The molecule has 0 amide bonds. The van der Waals surface area contributed by atoms with Gasteiger partial charge < -0.3 is 4.57 Å². The minimum atomic E-state index is 0.622. The second kappa shape index (κ2) is 6.28. The second-order valence-electron chi connectivity index (χ2n) is 7.00. The zero-order chi connectivity index (χ0) is 17.4. The van der Waals surface area contributed by atoms with E-state index >= 15 is 0 Å². The molecule has 4 aromatic rings. The van der Waals surface area contributed by atoms with Gasteiger partial charge in [-0.05, 0) is 31.4 Å². The monoisotopic (exact) mass is 330 g/mol. The molecular weight excluding hydrogens is 308 g/mol. The average molecular weight is 330 g/mol. The molecule has 2 heterocycles. The Bertz CT molecular complexity index is 1030. The van der Waals surface area contributed by atoms with Gasteiger partial charge in [-0.1, -0.05) is 55.8 Å². The number of aryl methyl sites for hydroxylation is 2. The second-order valence-corrected chi connectivity index (χ2v) is 7.00. The number of aromatic nitrogens is 4. The Hall–Kier alpha value is -2.75. The maximum Gasteiger partial charge on any atom is 0.198 e. The maximum atomic E-state index is 4.86. The van der Waals surface area contributed by atoms with Crippen molar-refractivity contribution in [3.05, 3.63) is 54.1 Å². The summed E-state index contributed by atoms with van der Waals surface area (Å²) >= 11 is 0. The molecule has 0 spiro atoms. The number of rotatable bonds is 4. The van der Waals surface area contributed by atoms with E-state index in [-0.39, 0.29) is 0 Å². The quantitative estimate of drug-likeness (QED) is 0.529. The predicted molar refractivity (Wildman–Crippen MR) is 102 cm³/mol. The van der Waals surface area contributed by atoms with Crippen molar-refractivity contribution in [2.75, 3.05) is 0 Å². The fourth-order valence-electron chi connectivity index (χ4n) is 3.02. The van der Waals surface area contributed by atoms with Crippen molar-refractivity contribution in [2.45, 2.75) is 33.7 Å². The highest BCUT2D eigenvalue weighted by Crippen LogP contribution is 2.26. The zero-order valence-electron chi connectivity index (χ0n) is 14.9. The van der Waals surface area contributed by atoms with Crippen LogP contribution in [0.1, 0.15) is 25.8 Å². The molecule has 0 N–H and O–H groups in total. The third-order valence-electron chi connectivity index (χ3n) is 4.50. The molecule has 0 aliphatic heterocycles. The summed E-state index contributed by atoms with van der Waals surface area (Å²) in [5.41, 5.74) is 5.75. The molecule has 4 heteroatoms. The normalized spacial score (nSPS) is 11.7. The molecular formula is C21H22N4. The summed E-state index contributed by atoms with van der Waals surface area (Å²) in [6.45, 7) is 7.48. The van der Waals surface area contributed by atoms with Crippen LogP contribution in [0.2, 0.25) is 0 Å². The molecule has 0 aliphatic rings. The van der Waals surface area contributed by atoms with Gasteiger partial charge >= 0.3 is 0 Å². The number of fused-ring (bicyclic) bond motifs is 2. The molecule has 25 heavy (non-hydrogen) atoms. The van der Waals surface area contributed by atoms with Crippen LogP contribution in [0.4, 0.5) is 0 Å². The van der Waals surface area contributed by atoms with E-state index in [2.05, 4.69) is 49.6 Å². The number of hydrogen-bond acceptors (Lipinski definition) is 3. The van der Waals surface area contributed by atoms with Crippen molar-refractivity contribution < 1.29 is 0 Å². The minimum Gasteiger partial charge on any atom is -0.307 e. The number of para-hydroxylation sites is 2. The highest BCUT2D eigenvalue weighted by atomic mass is 15.2. The lowest BCUT2D eigenvalue weighted by atomic mass is 10.1.